The van der Waals surface area contributed by atoms with Gasteiger partial charge >= 0.3 is 0 Å². The molecule has 2 heterocycles. The molecule has 1 aliphatic heterocycles. The van der Waals surface area contributed by atoms with Crippen molar-refractivity contribution in [1.29, 1.82) is 0 Å². The Balaban J connectivity index is 1.65. The quantitative estimate of drug-likeness (QED) is 0.724. The number of carbonyl (C=O) groups is 1. The fourth-order valence-electron chi connectivity index (χ4n) is 2.73. The first-order valence-corrected chi connectivity index (χ1v) is 8.02. The van der Waals surface area contributed by atoms with Crippen molar-refractivity contribution in [2.24, 2.45) is 0 Å². The molecule has 0 radical (unpaired) electrons. The van der Waals surface area contributed by atoms with Crippen LogP contribution in [0, 0.1) is 0 Å². The molecule has 1 saturated heterocycles. The highest BCUT2D eigenvalue weighted by Gasteiger charge is 2.24. The van der Waals surface area contributed by atoms with Crippen LogP contribution in [0.2, 0.25) is 0 Å². The lowest BCUT2D eigenvalue weighted by Gasteiger charge is -2.39. The Morgan fingerprint density at radius 3 is 3.05 bits per heavy atom. The van der Waals surface area contributed by atoms with Crippen LogP contribution in [-0.4, -0.2) is 67.7 Å². The number of ether oxygens (including phenoxy) is 1. The Kier molecular flexibility index (Phi) is 6.89. The van der Waals surface area contributed by atoms with E-state index in [9.17, 15) is 4.79 Å². The number of rotatable bonds is 8. The van der Waals surface area contributed by atoms with Gasteiger partial charge in [-0.25, -0.2) is 0 Å². The van der Waals surface area contributed by atoms with Crippen LogP contribution < -0.4 is 5.32 Å². The van der Waals surface area contributed by atoms with Crippen LogP contribution in [0.5, 0.6) is 0 Å². The summed E-state index contributed by atoms with van der Waals surface area (Å²) in [5, 5.41) is 2.89. The molecule has 1 fully saturated rings. The van der Waals surface area contributed by atoms with Gasteiger partial charge in [0.25, 0.3) is 0 Å². The predicted octanol–water partition coefficient (Wildman–Crippen LogP) is 0.938. The maximum absolute atomic E-state index is 12.0. The van der Waals surface area contributed by atoms with Gasteiger partial charge in [0.2, 0.25) is 5.91 Å². The summed E-state index contributed by atoms with van der Waals surface area (Å²) in [4.78, 5) is 16.6. The minimum atomic E-state index is 0.0476. The van der Waals surface area contributed by atoms with Crippen molar-refractivity contribution in [1.82, 2.24) is 15.1 Å². The van der Waals surface area contributed by atoms with Crippen LogP contribution in [-0.2, 0) is 16.1 Å². The molecule has 1 aromatic heterocycles. The molecule has 22 heavy (non-hydrogen) atoms. The van der Waals surface area contributed by atoms with Gasteiger partial charge < -0.3 is 14.5 Å². The van der Waals surface area contributed by atoms with Crippen LogP contribution in [0.25, 0.3) is 0 Å². The second kappa shape index (κ2) is 8.92. The molecule has 0 aromatic carbocycles. The first-order valence-electron chi connectivity index (χ1n) is 8.02. The first-order chi connectivity index (χ1) is 10.7. The van der Waals surface area contributed by atoms with Crippen molar-refractivity contribution in [2.45, 2.75) is 26.4 Å². The largest absolute Gasteiger partial charge is 0.467 e. The molecule has 0 unspecified atom stereocenters. The first kappa shape index (κ1) is 17.0. The summed E-state index contributed by atoms with van der Waals surface area (Å²) in [6.45, 7) is 10.5. The van der Waals surface area contributed by atoms with Crippen molar-refractivity contribution >= 4 is 5.91 Å². The second-order valence-corrected chi connectivity index (χ2v) is 5.67. The minimum absolute atomic E-state index is 0.0476. The molecule has 6 heteroatoms. The van der Waals surface area contributed by atoms with Gasteiger partial charge in [-0.2, -0.15) is 0 Å². The van der Waals surface area contributed by atoms with Gasteiger partial charge in [-0.1, -0.05) is 0 Å². The van der Waals surface area contributed by atoms with E-state index in [1.165, 1.54) is 0 Å². The van der Waals surface area contributed by atoms with Crippen LogP contribution in [0.1, 0.15) is 19.6 Å². The van der Waals surface area contributed by atoms with Crippen molar-refractivity contribution in [3.05, 3.63) is 24.2 Å². The average molecular weight is 309 g/mol. The lowest BCUT2D eigenvalue weighted by atomic mass is 10.2. The summed E-state index contributed by atoms with van der Waals surface area (Å²) in [6, 6.07) is 4.14. The number of amides is 1. The van der Waals surface area contributed by atoms with Crippen molar-refractivity contribution < 1.29 is 13.9 Å². The maximum Gasteiger partial charge on any atom is 0.234 e. The van der Waals surface area contributed by atoms with Gasteiger partial charge in [-0.15, -0.1) is 0 Å². The summed E-state index contributed by atoms with van der Waals surface area (Å²) in [5.74, 6) is 0.828. The number of hydrogen-bond donors (Lipinski definition) is 1. The molecule has 6 nitrogen and oxygen atoms in total. The van der Waals surface area contributed by atoms with Gasteiger partial charge in [0.15, 0.2) is 0 Å². The lowest BCUT2D eigenvalue weighted by Crippen LogP contribution is -2.54. The van der Waals surface area contributed by atoms with Crippen LogP contribution in [0.3, 0.4) is 0 Å². The predicted molar refractivity (Wildman–Crippen MR) is 84.5 cm³/mol. The summed E-state index contributed by atoms with van der Waals surface area (Å²) < 4.78 is 10.6. The second-order valence-electron chi connectivity index (χ2n) is 5.67. The summed E-state index contributed by atoms with van der Waals surface area (Å²) in [6.07, 6.45) is 1.62. The van der Waals surface area contributed by atoms with Gasteiger partial charge in [0.05, 0.1) is 26.0 Å². The average Bonchev–Trinajstić information content (AvgIpc) is 3.01. The molecule has 1 aromatic rings. The zero-order valence-electron chi connectivity index (χ0n) is 13.6. The molecule has 1 atom stereocenters. The Hall–Kier alpha value is -1.37. The van der Waals surface area contributed by atoms with Crippen molar-refractivity contribution in [3.8, 4) is 0 Å². The number of piperazine rings is 1. The van der Waals surface area contributed by atoms with E-state index in [-0.39, 0.29) is 5.91 Å². The summed E-state index contributed by atoms with van der Waals surface area (Å²) >= 11 is 0. The standard InChI is InChI=1S/C16H27N3O3/c1-3-21-10-8-19-7-6-18(12-14(19)2)13-16(20)17-11-15-5-4-9-22-15/h4-5,9,14H,3,6-8,10-13H2,1-2H3,(H,17,20)/t14-/m1/s1. The van der Waals surface area contributed by atoms with E-state index in [1.54, 1.807) is 6.26 Å². The van der Waals surface area contributed by atoms with Gasteiger partial charge in [-0.3, -0.25) is 14.6 Å². The van der Waals surface area contributed by atoms with E-state index in [4.69, 9.17) is 9.15 Å². The third-order valence-corrected chi connectivity index (χ3v) is 3.98. The maximum atomic E-state index is 12.0. The number of nitrogens with zero attached hydrogens (tertiary/aromatic N) is 2. The molecule has 1 N–H and O–H groups in total. The van der Waals surface area contributed by atoms with Gasteiger partial charge in [-0.05, 0) is 26.0 Å². The van der Waals surface area contributed by atoms with E-state index in [2.05, 4.69) is 22.0 Å². The molecule has 0 saturated carbocycles. The third-order valence-electron chi connectivity index (χ3n) is 3.98. The molecular formula is C16H27N3O3. The number of nitrogens with one attached hydrogen (secondary N) is 1. The topological polar surface area (TPSA) is 58.0 Å². The molecule has 2 rings (SSSR count). The molecule has 1 amide bonds. The monoisotopic (exact) mass is 309 g/mol. The van der Waals surface area contributed by atoms with E-state index < -0.39 is 0 Å². The van der Waals surface area contributed by atoms with Gasteiger partial charge in [0.1, 0.15) is 5.76 Å². The fraction of sp³-hybridized carbons (Fsp3) is 0.688. The number of furan rings is 1. The van der Waals surface area contributed by atoms with E-state index >= 15 is 0 Å². The van der Waals surface area contributed by atoms with Crippen LogP contribution in [0.15, 0.2) is 22.8 Å². The molecule has 1 aliphatic rings. The highest BCUT2D eigenvalue weighted by atomic mass is 16.5. The molecule has 0 bridgehead atoms. The van der Waals surface area contributed by atoms with E-state index in [0.717, 1.165) is 45.2 Å². The van der Waals surface area contributed by atoms with E-state index in [0.29, 0.717) is 19.1 Å². The van der Waals surface area contributed by atoms with Crippen molar-refractivity contribution in [2.75, 3.05) is 45.9 Å². The molecule has 0 aliphatic carbocycles. The smallest absolute Gasteiger partial charge is 0.234 e. The van der Waals surface area contributed by atoms with Crippen molar-refractivity contribution in [3.63, 3.8) is 0 Å². The normalized spacial score (nSPS) is 20.2. The van der Waals surface area contributed by atoms with Crippen LogP contribution in [0.4, 0.5) is 0 Å². The zero-order chi connectivity index (χ0) is 15.8. The van der Waals surface area contributed by atoms with Gasteiger partial charge in [0, 0.05) is 38.8 Å². The third kappa shape index (κ3) is 5.44. The Morgan fingerprint density at radius 1 is 1.50 bits per heavy atom. The van der Waals surface area contributed by atoms with E-state index in [1.807, 2.05) is 19.1 Å². The minimum Gasteiger partial charge on any atom is -0.467 e. The fourth-order valence-corrected chi connectivity index (χ4v) is 2.73. The molecule has 124 valence electrons. The molecule has 0 spiro atoms. The lowest BCUT2D eigenvalue weighted by molar-refractivity contribution is -0.123. The molecular weight excluding hydrogens is 282 g/mol. The zero-order valence-corrected chi connectivity index (χ0v) is 13.6. The number of hydrogen-bond acceptors (Lipinski definition) is 5. The Labute approximate surface area is 132 Å². The highest BCUT2D eigenvalue weighted by Crippen LogP contribution is 2.09. The highest BCUT2D eigenvalue weighted by molar-refractivity contribution is 5.77. The Bertz CT molecular complexity index is 436. The summed E-state index contributed by atoms with van der Waals surface area (Å²) in [7, 11) is 0. The number of carbonyl (C=O) groups excluding carboxylic acids is 1. The van der Waals surface area contributed by atoms with Crippen LogP contribution >= 0.6 is 0 Å². The summed E-state index contributed by atoms with van der Waals surface area (Å²) in [5.41, 5.74) is 0. The SMILES string of the molecule is CCOCCN1CCN(CC(=O)NCc2ccco2)C[C@H]1C. The Morgan fingerprint density at radius 2 is 2.36 bits per heavy atom.